The van der Waals surface area contributed by atoms with E-state index in [9.17, 15) is 0 Å². The van der Waals surface area contributed by atoms with Gasteiger partial charge < -0.3 is 19.3 Å². The minimum Gasteiger partial charge on any atom is -0.497 e. The van der Waals surface area contributed by atoms with E-state index in [0.717, 1.165) is 35.7 Å². The molecule has 6 aromatic carbocycles. The van der Waals surface area contributed by atoms with Crippen LogP contribution in [0.25, 0.3) is 21.5 Å². The van der Waals surface area contributed by atoms with Crippen LogP contribution in [0.4, 0.5) is 28.4 Å². The van der Waals surface area contributed by atoms with Crippen molar-refractivity contribution in [2.75, 3.05) is 24.0 Å². The number of rotatable bonds is 9. The number of hydrogen-bond donors (Lipinski definition) is 0. The number of hydrogen-bond acceptors (Lipinski definition) is 4. The van der Waals surface area contributed by atoms with Crippen LogP contribution in [-0.4, -0.2) is 20.3 Å². The molecular weight excluding hydrogens is 685 g/mol. The van der Waals surface area contributed by atoms with Gasteiger partial charge in [-0.2, -0.15) is 0 Å². The average Bonchev–Trinajstić information content (AvgIpc) is 3.61. The Hall–Kier alpha value is -5.44. The number of aryl methyl sites for hydroxylation is 2. The minimum absolute atomic E-state index is 0.0302. The number of fused-ring (bicyclic) bond motifs is 3. The van der Waals surface area contributed by atoms with Gasteiger partial charge in [0.05, 0.1) is 31.6 Å². The molecule has 0 saturated heterocycles. The molecule has 2 unspecified atom stereocenters. The van der Waals surface area contributed by atoms with Crippen molar-refractivity contribution in [1.29, 1.82) is 0 Å². The smallest absolute Gasteiger partial charge is 0.139 e. The molecule has 4 nitrogen and oxygen atoms in total. The van der Waals surface area contributed by atoms with Crippen molar-refractivity contribution < 1.29 is 9.47 Å². The van der Waals surface area contributed by atoms with Crippen LogP contribution >= 0.6 is 0 Å². The van der Waals surface area contributed by atoms with Gasteiger partial charge in [-0.05, 0) is 103 Å². The molecule has 6 aromatic rings. The summed E-state index contributed by atoms with van der Waals surface area (Å²) in [6, 6.07) is 41.2. The SMILES string of the molecule is CCC12CC(OC)=C=C1C2N(c1ccc(C)cc1)c1c2ccc(C(C)(C)C)cc2c(N(c2ccc(C)cc2)c2ccc(OC)cc2)c2ccc(C(C)(C)C)cc12. The summed E-state index contributed by atoms with van der Waals surface area (Å²) in [5.41, 5.74) is 15.8. The fraction of sp³-hybridized carbons (Fsp3) is 0.327. The van der Waals surface area contributed by atoms with Crippen molar-refractivity contribution in [3.05, 3.63) is 149 Å². The van der Waals surface area contributed by atoms with Crippen molar-refractivity contribution >= 4 is 50.0 Å². The first-order valence-corrected chi connectivity index (χ1v) is 20.1. The monoisotopic (exact) mass is 740 g/mol. The molecule has 0 amide bonds. The first-order valence-electron chi connectivity index (χ1n) is 20.1. The van der Waals surface area contributed by atoms with Gasteiger partial charge in [-0.3, -0.25) is 0 Å². The fourth-order valence-corrected chi connectivity index (χ4v) is 8.84. The second kappa shape index (κ2) is 13.6. The third-order valence-corrected chi connectivity index (χ3v) is 12.3. The fourth-order valence-electron chi connectivity index (χ4n) is 8.84. The molecule has 0 heterocycles. The van der Waals surface area contributed by atoms with Gasteiger partial charge >= 0.3 is 0 Å². The van der Waals surface area contributed by atoms with E-state index in [4.69, 9.17) is 9.47 Å². The summed E-state index contributed by atoms with van der Waals surface area (Å²) in [5, 5.41) is 4.89. The lowest BCUT2D eigenvalue weighted by Gasteiger charge is -2.35. The van der Waals surface area contributed by atoms with Crippen LogP contribution in [0.1, 0.15) is 83.6 Å². The molecule has 56 heavy (non-hydrogen) atoms. The highest BCUT2D eigenvalue weighted by atomic mass is 16.5. The molecule has 286 valence electrons. The molecule has 2 atom stereocenters. The molecule has 0 spiro atoms. The lowest BCUT2D eigenvalue weighted by atomic mass is 9.82. The van der Waals surface area contributed by atoms with E-state index in [-0.39, 0.29) is 22.3 Å². The van der Waals surface area contributed by atoms with Gasteiger partial charge in [-0.15, -0.1) is 0 Å². The van der Waals surface area contributed by atoms with Gasteiger partial charge in [0.1, 0.15) is 11.5 Å². The number of methoxy groups -OCH3 is 2. The summed E-state index contributed by atoms with van der Waals surface area (Å²) in [7, 11) is 3.51. The maximum Gasteiger partial charge on any atom is 0.139 e. The third kappa shape index (κ3) is 6.25. The quantitative estimate of drug-likeness (QED) is 0.0837. The van der Waals surface area contributed by atoms with Crippen LogP contribution in [0.15, 0.2) is 126 Å². The van der Waals surface area contributed by atoms with Crippen LogP contribution in [0.3, 0.4) is 0 Å². The maximum atomic E-state index is 5.83. The lowest BCUT2D eigenvalue weighted by Crippen LogP contribution is -2.27. The largest absolute Gasteiger partial charge is 0.497 e. The Balaban J connectivity index is 1.56. The van der Waals surface area contributed by atoms with E-state index in [0.29, 0.717) is 0 Å². The Morgan fingerprint density at radius 3 is 1.55 bits per heavy atom. The number of anilines is 5. The highest BCUT2D eigenvalue weighted by Crippen LogP contribution is 2.67. The first-order chi connectivity index (χ1) is 26.7. The summed E-state index contributed by atoms with van der Waals surface area (Å²) < 4.78 is 11.5. The van der Waals surface area contributed by atoms with Crippen LogP contribution in [0.5, 0.6) is 5.75 Å². The summed E-state index contributed by atoms with van der Waals surface area (Å²) in [4.78, 5) is 5.13. The zero-order valence-electron chi connectivity index (χ0n) is 35.1. The van der Waals surface area contributed by atoms with E-state index in [1.165, 1.54) is 66.4 Å². The highest BCUT2D eigenvalue weighted by Gasteiger charge is 2.65. The van der Waals surface area contributed by atoms with E-state index in [1.807, 2.05) is 0 Å². The molecule has 4 heteroatoms. The summed E-state index contributed by atoms with van der Waals surface area (Å²) in [6.45, 7) is 20.5. The van der Waals surface area contributed by atoms with Crippen LogP contribution in [0.2, 0.25) is 0 Å². The van der Waals surface area contributed by atoms with E-state index in [2.05, 4.69) is 187 Å². The van der Waals surface area contributed by atoms with Gasteiger partial charge in [0.2, 0.25) is 0 Å². The van der Waals surface area contributed by atoms with Gasteiger partial charge in [-0.25, -0.2) is 0 Å². The second-order valence-corrected chi connectivity index (χ2v) is 18.0. The number of nitrogens with zero attached hydrogens (tertiary/aromatic N) is 2. The standard InChI is InChI=1S/C52H56N2O2/c1-12-52-32-41(56-11)31-46(52)49(52)54(39-21-15-34(3)16-22-39)48-43-28-18-35(50(4,5)6)29-44(43)47(42-27-17-36(30-45(42)48)51(7,8)9)53(37-19-13-33(2)14-20-37)38-23-25-40(55-10)26-24-38/h13-30,49H,12,32H2,1-11H3. The predicted molar refractivity (Wildman–Crippen MR) is 237 cm³/mol. The Kier molecular flexibility index (Phi) is 9.13. The highest BCUT2D eigenvalue weighted by molar-refractivity contribution is 6.23. The molecule has 2 aliphatic carbocycles. The summed E-state index contributed by atoms with van der Waals surface area (Å²) in [5.74, 6) is 1.80. The molecule has 8 rings (SSSR count). The molecule has 2 aliphatic rings. The zero-order valence-corrected chi connectivity index (χ0v) is 35.1. The zero-order chi connectivity index (χ0) is 39.7. The summed E-state index contributed by atoms with van der Waals surface area (Å²) in [6.07, 6.45) is 1.89. The second-order valence-electron chi connectivity index (χ2n) is 18.0. The number of benzene rings is 6. The lowest BCUT2D eigenvalue weighted by molar-refractivity contribution is 0.258. The minimum atomic E-state index is -0.0614. The third-order valence-electron chi connectivity index (χ3n) is 12.3. The van der Waals surface area contributed by atoms with Crippen LogP contribution < -0.4 is 14.5 Å². The van der Waals surface area contributed by atoms with Crippen molar-refractivity contribution in [2.45, 2.75) is 92.0 Å². The topological polar surface area (TPSA) is 24.9 Å². The summed E-state index contributed by atoms with van der Waals surface area (Å²) >= 11 is 0. The Morgan fingerprint density at radius 2 is 1.09 bits per heavy atom. The van der Waals surface area contributed by atoms with E-state index >= 15 is 0 Å². The molecule has 1 saturated carbocycles. The van der Waals surface area contributed by atoms with Gasteiger partial charge in [-0.1, -0.05) is 114 Å². The average molecular weight is 741 g/mol. The predicted octanol–water partition coefficient (Wildman–Crippen LogP) is 14.1. The van der Waals surface area contributed by atoms with Crippen molar-refractivity contribution in [3.63, 3.8) is 0 Å². The Bertz CT molecular complexity index is 2530. The Morgan fingerprint density at radius 1 is 0.607 bits per heavy atom. The normalized spacial score (nSPS) is 17.7. The first kappa shape index (κ1) is 37.5. The van der Waals surface area contributed by atoms with Crippen LogP contribution in [-0.2, 0) is 15.6 Å². The number of ether oxygens (including phenoxy) is 2. The molecule has 0 aromatic heterocycles. The molecule has 0 radical (unpaired) electrons. The van der Waals surface area contributed by atoms with Crippen LogP contribution in [0, 0.1) is 19.3 Å². The molecule has 0 bridgehead atoms. The molecular formula is C52H56N2O2. The van der Waals surface area contributed by atoms with E-state index < -0.39 is 0 Å². The maximum absolute atomic E-state index is 5.83. The van der Waals surface area contributed by atoms with Gasteiger partial charge in [0.15, 0.2) is 0 Å². The van der Waals surface area contributed by atoms with Gasteiger partial charge in [0, 0.05) is 56.0 Å². The van der Waals surface area contributed by atoms with Crippen molar-refractivity contribution in [1.82, 2.24) is 0 Å². The van der Waals surface area contributed by atoms with Crippen molar-refractivity contribution in [3.8, 4) is 5.75 Å². The molecule has 1 fully saturated rings. The Labute approximate surface area is 334 Å². The van der Waals surface area contributed by atoms with E-state index in [1.54, 1.807) is 14.2 Å². The molecule has 0 aliphatic heterocycles. The van der Waals surface area contributed by atoms with Gasteiger partial charge in [0.25, 0.3) is 0 Å². The molecule has 0 N–H and O–H groups in total. The van der Waals surface area contributed by atoms with Crippen molar-refractivity contribution in [2.24, 2.45) is 5.41 Å².